The first kappa shape index (κ1) is 18.8. The van der Waals surface area contributed by atoms with Crippen LogP contribution < -0.4 is 0 Å². The van der Waals surface area contributed by atoms with Crippen molar-refractivity contribution in [1.29, 1.82) is 0 Å². The largest absolute Gasteiger partial charge is 0.361 e. The molecule has 2 aromatic carbocycles. The first-order chi connectivity index (χ1) is 18.8. The lowest BCUT2D eigenvalue weighted by atomic mass is 10.0. The van der Waals surface area contributed by atoms with Gasteiger partial charge in [-0.25, -0.2) is 0 Å². The van der Waals surface area contributed by atoms with E-state index >= 15 is 0 Å². The number of aromatic nitrogens is 4. The molecule has 176 valence electrons. The van der Waals surface area contributed by atoms with E-state index in [0.717, 1.165) is 56.0 Å². The standard InChI is InChI=1S/C31H26N4O/c1-20-12-14-23(15-13-20)26-19-35(31(24-9-5-4-6-10-24)27-11-7-8-16-32-27)28-17-25(18-33-30(26)28)29-21(2)34-36-22(29)3/h4-19,31H,1-3H3/i1D3. The second kappa shape index (κ2) is 8.93. The van der Waals surface area contributed by atoms with Gasteiger partial charge in [0.15, 0.2) is 0 Å². The van der Waals surface area contributed by atoms with Crippen LogP contribution in [0.25, 0.3) is 33.3 Å². The quantitative estimate of drug-likeness (QED) is 0.263. The van der Waals surface area contributed by atoms with E-state index in [0.29, 0.717) is 5.56 Å². The molecular weight excluding hydrogens is 444 g/mol. The van der Waals surface area contributed by atoms with E-state index in [1.807, 2.05) is 68.6 Å². The Morgan fingerprint density at radius 1 is 0.889 bits per heavy atom. The maximum Gasteiger partial charge on any atom is 0.141 e. The Morgan fingerprint density at radius 2 is 1.69 bits per heavy atom. The van der Waals surface area contributed by atoms with E-state index in [-0.39, 0.29) is 6.04 Å². The molecule has 0 amide bonds. The summed E-state index contributed by atoms with van der Waals surface area (Å²) in [6, 6.07) is 25.1. The molecule has 4 heterocycles. The maximum atomic E-state index is 7.75. The van der Waals surface area contributed by atoms with Crippen LogP contribution in [0.2, 0.25) is 0 Å². The highest BCUT2D eigenvalue weighted by Crippen LogP contribution is 2.38. The van der Waals surface area contributed by atoms with Crippen molar-refractivity contribution in [2.45, 2.75) is 26.7 Å². The third kappa shape index (κ3) is 3.79. The predicted octanol–water partition coefficient (Wildman–Crippen LogP) is 7.32. The molecule has 0 bridgehead atoms. The summed E-state index contributed by atoms with van der Waals surface area (Å²) in [7, 11) is 0. The average Bonchev–Trinajstić information content (AvgIpc) is 3.48. The van der Waals surface area contributed by atoms with Crippen molar-refractivity contribution in [3.63, 3.8) is 0 Å². The molecule has 0 aliphatic heterocycles. The molecule has 0 N–H and O–H groups in total. The number of hydrogen-bond acceptors (Lipinski definition) is 4. The molecule has 1 atom stereocenters. The zero-order valence-electron chi connectivity index (χ0n) is 23.0. The highest BCUT2D eigenvalue weighted by atomic mass is 16.5. The van der Waals surface area contributed by atoms with Crippen LogP contribution in [0.3, 0.4) is 0 Å². The van der Waals surface area contributed by atoms with Crippen molar-refractivity contribution >= 4 is 11.0 Å². The molecule has 0 radical (unpaired) electrons. The van der Waals surface area contributed by atoms with Gasteiger partial charge in [-0.2, -0.15) is 0 Å². The number of rotatable bonds is 5. The SMILES string of the molecule is [2H]C([2H])([2H])c1ccc(-c2cn(C(c3ccccc3)c3ccccn3)c3cc(-c4c(C)noc4C)cnc23)cc1. The smallest absolute Gasteiger partial charge is 0.141 e. The summed E-state index contributed by atoms with van der Waals surface area (Å²) < 4.78 is 30.9. The van der Waals surface area contributed by atoms with Gasteiger partial charge in [0, 0.05) is 39.4 Å². The van der Waals surface area contributed by atoms with Gasteiger partial charge in [-0.1, -0.05) is 71.4 Å². The van der Waals surface area contributed by atoms with E-state index in [9.17, 15) is 0 Å². The van der Waals surface area contributed by atoms with Crippen molar-refractivity contribution in [3.8, 4) is 22.3 Å². The molecule has 1 unspecified atom stereocenters. The van der Waals surface area contributed by atoms with Gasteiger partial charge in [0.1, 0.15) is 11.8 Å². The lowest BCUT2D eigenvalue weighted by molar-refractivity contribution is 0.393. The Labute approximate surface area is 214 Å². The second-order valence-electron chi connectivity index (χ2n) is 8.89. The van der Waals surface area contributed by atoms with Crippen molar-refractivity contribution in [2.24, 2.45) is 0 Å². The molecule has 6 aromatic rings. The van der Waals surface area contributed by atoms with Crippen LogP contribution in [0.15, 0.2) is 102 Å². The molecule has 0 aliphatic carbocycles. The van der Waals surface area contributed by atoms with Crippen molar-refractivity contribution in [1.82, 2.24) is 19.7 Å². The zero-order valence-corrected chi connectivity index (χ0v) is 20.0. The Bertz CT molecular complexity index is 1700. The normalized spacial score (nSPS) is 13.8. The lowest BCUT2D eigenvalue weighted by Gasteiger charge is -2.20. The summed E-state index contributed by atoms with van der Waals surface area (Å²) in [4.78, 5) is 9.67. The summed E-state index contributed by atoms with van der Waals surface area (Å²) in [6.45, 7) is 1.66. The molecule has 0 spiro atoms. The molecule has 0 saturated carbocycles. The van der Waals surface area contributed by atoms with Crippen LogP contribution in [0.5, 0.6) is 0 Å². The summed E-state index contributed by atoms with van der Waals surface area (Å²) in [5.41, 5.74) is 8.45. The van der Waals surface area contributed by atoms with E-state index < -0.39 is 6.85 Å². The Morgan fingerprint density at radius 3 is 2.39 bits per heavy atom. The molecule has 5 nitrogen and oxygen atoms in total. The van der Waals surface area contributed by atoms with E-state index in [1.165, 1.54) is 0 Å². The molecule has 5 heteroatoms. The Balaban J connectivity index is 1.62. The van der Waals surface area contributed by atoms with Gasteiger partial charge in [0.25, 0.3) is 0 Å². The van der Waals surface area contributed by atoms with E-state index in [4.69, 9.17) is 18.6 Å². The van der Waals surface area contributed by atoms with Crippen molar-refractivity contribution in [2.75, 3.05) is 0 Å². The summed E-state index contributed by atoms with van der Waals surface area (Å²) >= 11 is 0. The fourth-order valence-corrected chi connectivity index (χ4v) is 4.88. The monoisotopic (exact) mass is 473 g/mol. The van der Waals surface area contributed by atoms with E-state index in [2.05, 4.69) is 34.1 Å². The van der Waals surface area contributed by atoms with Crippen LogP contribution in [-0.4, -0.2) is 19.7 Å². The first-order valence-corrected chi connectivity index (χ1v) is 11.8. The minimum Gasteiger partial charge on any atom is -0.361 e. The van der Waals surface area contributed by atoms with Gasteiger partial charge < -0.3 is 9.09 Å². The number of pyridine rings is 2. The van der Waals surface area contributed by atoms with E-state index in [1.54, 1.807) is 18.3 Å². The lowest BCUT2D eigenvalue weighted by Crippen LogP contribution is -2.13. The zero-order chi connectivity index (χ0) is 27.1. The van der Waals surface area contributed by atoms with Crippen LogP contribution in [0.4, 0.5) is 0 Å². The number of hydrogen-bond donors (Lipinski definition) is 0. The molecule has 6 rings (SSSR count). The summed E-state index contributed by atoms with van der Waals surface area (Å²) in [5, 5.41) is 4.14. The van der Waals surface area contributed by atoms with Gasteiger partial charge in [-0.15, -0.1) is 0 Å². The minimum absolute atomic E-state index is 0.216. The highest BCUT2D eigenvalue weighted by Gasteiger charge is 2.23. The number of fused-ring (bicyclic) bond motifs is 1. The van der Waals surface area contributed by atoms with Crippen LogP contribution in [-0.2, 0) is 0 Å². The van der Waals surface area contributed by atoms with Crippen molar-refractivity contribution < 1.29 is 8.64 Å². The first-order valence-electron chi connectivity index (χ1n) is 13.3. The fourth-order valence-electron chi connectivity index (χ4n) is 4.88. The topological polar surface area (TPSA) is 56.7 Å². The van der Waals surface area contributed by atoms with Gasteiger partial charge >= 0.3 is 0 Å². The Hall–Kier alpha value is -4.51. The predicted molar refractivity (Wildman–Crippen MR) is 143 cm³/mol. The van der Waals surface area contributed by atoms with Crippen LogP contribution in [0.1, 0.15) is 38.4 Å². The number of aryl methyl sites for hydroxylation is 3. The van der Waals surface area contributed by atoms with Crippen molar-refractivity contribution in [3.05, 3.63) is 126 Å². The van der Waals surface area contributed by atoms with Gasteiger partial charge in [0.05, 0.1) is 22.4 Å². The third-order valence-electron chi connectivity index (χ3n) is 6.55. The average molecular weight is 474 g/mol. The van der Waals surface area contributed by atoms with Gasteiger partial charge in [0.2, 0.25) is 0 Å². The molecule has 0 aliphatic rings. The minimum atomic E-state index is -2.16. The number of benzene rings is 2. The third-order valence-corrected chi connectivity index (χ3v) is 6.55. The second-order valence-corrected chi connectivity index (χ2v) is 8.89. The van der Waals surface area contributed by atoms with Gasteiger partial charge in [-0.05, 0) is 50.0 Å². The molecular formula is C31H26N4O. The molecule has 0 saturated heterocycles. The highest BCUT2D eigenvalue weighted by molar-refractivity contribution is 5.95. The fraction of sp³-hybridized carbons (Fsp3) is 0.129. The van der Waals surface area contributed by atoms with Gasteiger partial charge in [-0.3, -0.25) is 9.97 Å². The van der Waals surface area contributed by atoms with Crippen LogP contribution >= 0.6 is 0 Å². The molecule has 36 heavy (non-hydrogen) atoms. The molecule has 4 aromatic heterocycles. The summed E-state index contributed by atoms with van der Waals surface area (Å²) in [5.74, 6) is 0.733. The molecule has 0 fully saturated rings. The van der Waals surface area contributed by atoms with Crippen LogP contribution in [0, 0.1) is 20.7 Å². The maximum absolute atomic E-state index is 7.75. The summed E-state index contributed by atoms with van der Waals surface area (Å²) in [6.07, 6.45) is 5.74. The Kier molecular flexibility index (Phi) is 4.66. The number of nitrogens with zero attached hydrogens (tertiary/aromatic N) is 4.